The minimum atomic E-state index is -2.00. The van der Waals surface area contributed by atoms with Gasteiger partial charge in [0.2, 0.25) is 0 Å². The summed E-state index contributed by atoms with van der Waals surface area (Å²) in [5, 5.41) is 13.6. The summed E-state index contributed by atoms with van der Waals surface area (Å²) in [4.78, 5) is 17.3. The number of allylic oxidation sites excluding steroid dienone is 2. The van der Waals surface area contributed by atoms with Gasteiger partial charge in [-0.2, -0.15) is 0 Å². The van der Waals surface area contributed by atoms with E-state index in [0.717, 1.165) is 70.0 Å². The standard InChI is InChI=1S/C31H26GeNO.C15H28O2.Ir/c1-20-14-16-23(31-30(20)24-12-8-9-13-29(24)34-31)28-19-25(21-10-6-5-7-11-21)26-18-22(32(2,3)4)15-17-27(26)33-28;1-7-14(5,8-2)12(16)11-13(17)15(6,9-3)10-4;/h5-15,17-19H,1-4H3;11,16H,7-10H2,1-6H3;/q-1;;/b;12-11-;. The van der Waals surface area contributed by atoms with Crippen molar-refractivity contribution in [1.29, 1.82) is 0 Å². The fraction of sp³-hybridized carbons (Fsp3) is 0.348. The number of furan rings is 1. The summed E-state index contributed by atoms with van der Waals surface area (Å²) < 4.78 is 7.86. The molecule has 1 N–H and O–H groups in total. The molecule has 52 heavy (non-hydrogen) atoms. The predicted molar refractivity (Wildman–Crippen MR) is 220 cm³/mol. The Bertz CT molecular complexity index is 2200. The molecular weight excluding hydrogens is 879 g/mol. The van der Waals surface area contributed by atoms with E-state index in [0.29, 0.717) is 0 Å². The fourth-order valence-corrected chi connectivity index (χ4v) is 8.92. The first-order chi connectivity index (χ1) is 24.2. The van der Waals surface area contributed by atoms with Gasteiger partial charge in [0.1, 0.15) is 5.76 Å². The van der Waals surface area contributed by atoms with Crippen molar-refractivity contribution in [3.05, 3.63) is 108 Å². The summed E-state index contributed by atoms with van der Waals surface area (Å²) in [5.74, 6) is 7.59. The average Bonchev–Trinajstić information content (AvgIpc) is 3.54. The van der Waals surface area contributed by atoms with Gasteiger partial charge in [-0.05, 0) is 25.7 Å². The first kappa shape index (κ1) is 41.3. The van der Waals surface area contributed by atoms with Gasteiger partial charge in [-0.15, -0.1) is 0 Å². The molecule has 6 heteroatoms. The van der Waals surface area contributed by atoms with Crippen LogP contribution in [0, 0.1) is 23.8 Å². The molecule has 4 aromatic carbocycles. The maximum atomic E-state index is 12.2. The zero-order chi connectivity index (χ0) is 37.1. The quantitative estimate of drug-likeness (QED) is 0.0643. The molecule has 0 spiro atoms. The molecule has 0 fully saturated rings. The molecule has 0 amide bonds. The van der Waals surface area contributed by atoms with Crippen molar-refractivity contribution in [1.82, 2.24) is 4.98 Å². The number of hydrogen-bond donors (Lipinski definition) is 1. The fourth-order valence-electron chi connectivity index (χ4n) is 6.48. The summed E-state index contributed by atoms with van der Waals surface area (Å²) in [7, 11) is 0. The Balaban J connectivity index is 0.000000289. The molecule has 0 saturated carbocycles. The third-order valence-corrected chi connectivity index (χ3v) is 15.6. The largest absolute Gasteiger partial charge is 0 e. The Labute approximate surface area is 326 Å². The second-order valence-corrected chi connectivity index (χ2v) is 26.1. The number of carbonyl (C=O) groups is 1. The van der Waals surface area contributed by atoms with Crippen LogP contribution in [0.4, 0.5) is 0 Å². The topological polar surface area (TPSA) is 63.3 Å². The van der Waals surface area contributed by atoms with Crippen molar-refractivity contribution >= 4 is 56.3 Å². The first-order valence-corrected chi connectivity index (χ1v) is 25.8. The van der Waals surface area contributed by atoms with Crippen LogP contribution in [0.5, 0.6) is 0 Å². The molecule has 0 atom stereocenters. The van der Waals surface area contributed by atoms with E-state index >= 15 is 0 Å². The third-order valence-electron chi connectivity index (χ3n) is 11.3. The number of aromatic nitrogens is 1. The number of pyridine rings is 1. The molecule has 4 nitrogen and oxygen atoms in total. The van der Waals surface area contributed by atoms with E-state index < -0.39 is 13.3 Å². The molecule has 0 saturated heterocycles. The van der Waals surface area contributed by atoms with Crippen LogP contribution in [-0.4, -0.2) is 29.1 Å². The molecule has 275 valence electrons. The van der Waals surface area contributed by atoms with Crippen molar-refractivity contribution in [2.24, 2.45) is 10.8 Å². The Hall–Kier alpha value is -3.51. The minimum absolute atomic E-state index is 0. The third kappa shape index (κ3) is 8.33. The van der Waals surface area contributed by atoms with E-state index in [9.17, 15) is 9.90 Å². The van der Waals surface area contributed by atoms with E-state index in [2.05, 4.69) is 103 Å². The van der Waals surface area contributed by atoms with Gasteiger partial charge >= 0.3 is 203 Å². The number of carbonyl (C=O) groups excluding carboxylic acids is 1. The van der Waals surface area contributed by atoms with E-state index in [1.807, 2.05) is 53.7 Å². The van der Waals surface area contributed by atoms with E-state index in [-0.39, 0.29) is 42.5 Å². The van der Waals surface area contributed by atoms with Gasteiger partial charge in [-0.1, -0.05) is 41.5 Å². The maximum absolute atomic E-state index is 12.2. The van der Waals surface area contributed by atoms with Crippen molar-refractivity contribution in [2.45, 2.75) is 91.4 Å². The van der Waals surface area contributed by atoms with Crippen LogP contribution in [0.15, 0.2) is 101 Å². The number of nitrogens with zero attached hydrogens (tertiary/aromatic N) is 1. The second kappa shape index (κ2) is 16.7. The summed E-state index contributed by atoms with van der Waals surface area (Å²) >= 11 is -2.00. The van der Waals surface area contributed by atoms with Crippen LogP contribution in [0.25, 0.3) is 55.2 Å². The van der Waals surface area contributed by atoms with Crippen LogP contribution in [0.3, 0.4) is 0 Å². The molecule has 0 aliphatic rings. The molecule has 0 aliphatic carbocycles. The molecule has 6 aromatic rings. The Morgan fingerprint density at radius 1 is 0.846 bits per heavy atom. The van der Waals surface area contributed by atoms with Crippen molar-refractivity contribution in [2.75, 3.05) is 0 Å². The predicted octanol–water partition coefficient (Wildman–Crippen LogP) is 12.8. The number of hydrogen-bond acceptors (Lipinski definition) is 4. The van der Waals surface area contributed by atoms with Gasteiger partial charge in [0.15, 0.2) is 5.78 Å². The SMILES string of the molecule is CCC(C)(CC)C(=O)/C=C(\O)C(C)(CC)CC.Cc1c[c-]c(-c2cc(-c3ccccc3)c3c[c]([Ge]([CH3])([CH3])[CH3])ccc3n2)c2oc3ccccc3c12.[Ir]. The summed E-state index contributed by atoms with van der Waals surface area (Å²) in [6.07, 6.45) is 4.75. The molecule has 1 radical (unpaired) electrons. The van der Waals surface area contributed by atoms with E-state index in [1.165, 1.54) is 27.0 Å². The maximum Gasteiger partial charge on any atom is 0 e. The van der Waals surface area contributed by atoms with Crippen LogP contribution in [-0.2, 0) is 24.9 Å². The number of benzene rings is 4. The zero-order valence-electron chi connectivity index (χ0n) is 32.5. The molecule has 2 aromatic heterocycles. The van der Waals surface area contributed by atoms with Gasteiger partial charge in [-0.3, -0.25) is 4.79 Å². The average molecular weight is 934 g/mol. The molecule has 0 aliphatic heterocycles. The van der Waals surface area contributed by atoms with Crippen LogP contribution in [0.2, 0.25) is 17.3 Å². The first-order valence-electron chi connectivity index (χ1n) is 18.5. The Kier molecular flexibility index (Phi) is 13.2. The number of aryl methyl sites for hydroxylation is 1. The van der Waals surface area contributed by atoms with Crippen LogP contribution < -0.4 is 4.40 Å². The molecule has 2 heterocycles. The molecule has 6 rings (SSSR count). The number of ketones is 1. The van der Waals surface area contributed by atoms with Gasteiger partial charge in [0.25, 0.3) is 0 Å². The number of para-hydroxylation sites is 1. The normalized spacial score (nSPS) is 12.5. The van der Waals surface area contributed by atoms with E-state index in [1.54, 1.807) is 0 Å². The number of fused-ring (bicyclic) bond motifs is 4. The summed E-state index contributed by atoms with van der Waals surface area (Å²) in [5.41, 5.74) is 7.51. The molecule has 0 bridgehead atoms. The number of rotatable bonds is 10. The minimum Gasteiger partial charge on any atom is 0 e. The van der Waals surface area contributed by atoms with Gasteiger partial charge < -0.3 is 5.11 Å². The second-order valence-electron chi connectivity index (χ2n) is 15.5. The summed E-state index contributed by atoms with van der Waals surface area (Å²) in [6, 6.07) is 33.5. The molecular formula is C46H54GeIrNO3-. The molecule has 0 unspecified atom stereocenters. The van der Waals surface area contributed by atoms with Gasteiger partial charge in [0, 0.05) is 37.0 Å². The van der Waals surface area contributed by atoms with Gasteiger partial charge in [0.05, 0.1) is 0 Å². The number of aliphatic hydroxyl groups excluding tert-OH is 1. The summed E-state index contributed by atoms with van der Waals surface area (Å²) in [6.45, 7) is 14.2. The Morgan fingerprint density at radius 2 is 1.46 bits per heavy atom. The van der Waals surface area contributed by atoms with Crippen molar-refractivity contribution in [3.8, 4) is 22.4 Å². The van der Waals surface area contributed by atoms with Crippen molar-refractivity contribution in [3.63, 3.8) is 0 Å². The number of aliphatic hydroxyl groups is 1. The van der Waals surface area contributed by atoms with Gasteiger partial charge in [-0.25, -0.2) is 0 Å². The zero-order valence-corrected chi connectivity index (χ0v) is 37.0. The van der Waals surface area contributed by atoms with Crippen molar-refractivity contribution < 1.29 is 34.4 Å². The van der Waals surface area contributed by atoms with E-state index in [4.69, 9.17) is 9.40 Å². The smallest absolute Gasteiger partial charge is 0 e. The van der Waals surface area contributed by atoms with Crippen LogP contribution in [0.1, 0.15) is 72.8 Å². The van der Waals surface area contributed by atoms with Crippen LogP contribution >= 0.6 is 0 Å². The monoisotopic (exact) mass is 935 g/mol. The Morgan fingerprint density at radius 3 is 2.08 bits per heavy atom.